The van der Waals surface area contributed by atoms with Gasteiger partial charge in [-0.25, -0.2) is 0 Å². The van der Waals surface area contributed by atoms with Crippen LogP contribution in [0.3, 0.4) is 0 Å². The fraction of sp³-hybridized carbons (Fsp3) is 0.409. The zero-order valence-electron chi connectivity index (χ0n) is 15.3. The molecule has 2 aromatic carbocycles. The van der Waals surface area contributed by atoms with Gasteiger partial charge in [-0.05, 0) is 25.0 Å². The molecular formula is C22H25NO3. The van der Waals surface area contributed by atoms with E-state index in [1.165, 1.54) is 11.1 Å². The zero-order valence-corrected chi connectivity index (χ0v) is 15.3. The summed E-state index contributed by atoms with van der Waals surface area (Å²) in [6.45, 7) is 5.86. The molecule has 2 aliphatic heterocycles. The van der Waals surface area contributed by atoms with Crippen LogP contribution >= 0.6 is 0 Å². The normalized spacial score (nSPS) is 27.8. The Kier molecular flexibility index (Phi) is 4.55. The van der Waals surface area contributed by atoms with Crippen LogP contribution in [-0.2, 0) is 14.3 Å². The van der Waals surface area contributed by atoms with Crippen LogP contribution in [-0.4, -0.2) is 42.3 Å². The number of benzene rings is 2. The molecule has 3 atom stereocenters. The van der Waals surface area contributed by atoms with Crippen molar-refractivity contribution in [1.82, 2.24) is 4.90 Å². The summed E-state index contributed by atoms with van der Waals surface area (Å²) in [5.74, 6) is 0.227. The Morgan fingerprint density at radius 3 is 2.08 bits per heavy atom. The highest BCUT2D eigenvalue weighted by Crippen LogP contribution is 2.56. The van der Waals surface area contributed by atoms with Gasteiger partial charge in [0, 0.05) is 5.92 Å². The molecule has 0 bridgehead atoms. The second-order valence-electron chi connectivity index (χ2n) is 7.25. The number of carbonyl (C=O) groups is 1. The minimum absolute atomic E-state index is 0.0254. The number of hydrogen-bond donors (Lipinski definition) is 0. The quantitative estimate of drug-likeness (QED) is 0.590. The lowest BCUT2D eigenvalue weighted by Gasteiger charge is -2.34. The highest BCUT2D eigenvalue weighted by atomic mass is 16.5. The van der Waals surface area contributed by atoms with Gasteiger partial charge >= 0.3 is 5.97 Å². The Hall–Kier alpha value is -2.17. The zero-order chi connectivity index (χ0) is 18.1. The molecule has 4 nitrogen and oxygen atoms in total. The van der Waals surface area contributed by atoms with E-state index in [1.54, 1.807) is 0 Å². The molecule has 0 aromatic heterocycles. The molecule has 0 spiro atoms. The van der Waals surface area contributed by atoms with Crippen LogP contribution in [0.1, 0.15) is 31.0 Å². The van der Waals surface area contributed by atoms with Crippen molar-refractivity contribution in [3.05, 3.63) is 71.8 Å². The van der Waals surface area contributed by atoms with Crippen molar-refractivity contribution in [3.8, 4) is 0 Å². The summed E-state index contributed by atoms with van der Waals surface area (Å²) >= 11 is 0. The third-order valence-electron chi connectivity index (χ3n) is 5.80. The summed E-state index contributed by atoms with van der Waals surface area (Å²) in [5, 5.41) is 0. The van der Waals surface area contributed by atoms with Crippen LogP contribution in [0.4, 0.5) is 0 Å². The van der Waals surface area contributed by atoms with Crippen LogP contribution < -0.4 is 0 Å². The largest absolute Gasteiger partial charge is 0.465 e. The van der Waals surface area contributed by atoms with E-state index in [-0.39, 0.29) is 23.6 Å². The Bertz CT molecular complexity index is 720. The molecule has 4 heteroatoms. The average molecular weight is 351 g/mol. The van der Waals surface area contributed by atoms with Crippen molar-refractivity contribution >= 4 is 5.97 Å². The topological polar surface area (TPSA) is 38.5 Å². The smallest absolute Gasteiger partial charge is 0.325 e. The summed E-state index contributed by atoms with van der Waals surface area (Å²) < 4.78 is 10.9. The van der Waals surface area contributed by atoms with Crippen LogP contribution in [0.5, 0.6) is 0 Å². The maximum Gasteiger partial charge on any atom is 0.325 e. The van der Waals surface area contributed by atoms with Crippen molar-refractivity contribution < 1.29 is 14.3 Å². The Balaban J connectivity index is 1.75. The molecule has 1 unspecified atom stereocenters. The fourth-order valence-electron chi connectivity index (χ4n) is 4.22. The molecule has 4 rings (SSSR count). The van der Waals surface area contributed by atoms with Crippen LogP contribution in [0.15, 0.2) is 60.7 Å². The van der Waals surface area contributed by atoms with Gasteiger partial charge in [-0.1, -0.05) is 60.7 Å². The van der Waals surface area contributed by atoms with Crippen molar-refractivity contribution in [1.29, 1.82) is 0 Å². The first-order chi connectivity index (χ1) is 12.7. The molecular weight excluding hydrogens is 326 g/mol. The van der Waals surface area contributed by atoms with E-state index in [0.29, 0.717) is 25.7 Å². The van der Waals surface area contributed by atoms with Gasteiger partial charge in [-0.3, -0.25) is 9.69 Å². The molecule has 0 saturated carbocycles. The summed E-state index contributed by atoms with van der Waals surface area (Å²) in [7, 11) is 0. The lowest BCUT2D eigenvalue weighted by atomic mass is 9.88. The summed E-state index contributed by atoms with van der Waals surface area (Å²) in [6, 6.07) is 20.6. The number of rotatable bonds is 6. The lowest BCUT2D eigenvalue weighted by molar-refractivity contribution is -0.144. The fourth-order valence-corrected chi connectivity index (χ4v) is 4.22. The summed E-state index contributed by atoms with van der Waals surface area (Å²) in [4.78, 5) is 15.1. The summed E-state index contributed by atoms with van der Waals surface area (Å²) in [5.41, 5.74) is 2.15. The third kappa shape index (κ3) is 2.74. The van der Waals surface area contributed by atoms with E-state index in [1.807, 2.05) is 19.1 Å². The van der Waals surface area contributed by atoms with Gasteiger partial charge in [-0.15, -0.1) is 0 Å². The lowest BCUT2D eigenvalue weighted by Crippen LogP contribution is -2.43. The molecule has 2 fully saturated rings. The highest BCUT2D eigenvalue weighted by Gasteiger charge is 2.70. The predicted molar refractivity (Wildman–Crippen MR) is 99.7 cm³/mol. The number of ether oxygens (including phenoxy) is 2. The highest BCUT2D eigenvalue weighted by molar-refractivity contribution is 5.82. The number of nitrogens with zero attached hydrogens (tertiary/aromatic N) is 1. The van der Waals surface area contributed by atoms with Crippen molar-refractivity contribution in [3.63, 3.8) is 0 Å². The standard InChI is InChI=1S/C22H25NO3/c1-3-26-21(24)20-22(2,18-14-25-15-18)23(20)19(16-10-6-4-7-11-16)17-12-8-5-9-13-17/h4-13,18-20H,3,14-15H2,1-2H3/t20-,22-,23?/m0/s1. The number of hydrogen-bond acceptors (Lipinski definition) is 4. The average Bonchev–Trinajstić information content (AvgIpc) is 3.21. The van der Waals surface area contributed by atoms with Gasteiger partial charge in [-0.2, -0.15) is 0 Å². The number of carbonyl (C=O) groups excluding carboxylic acids is 1. The van der Waals surface area contributed by atoms with Crippen LogP contribution in [0, 0.1) is 5.92 Å². The van der Waals surface area contributed by atoms with E-state index < -0.39 is 0 Å². The van der Waals surface area contributed by atoms with Gasteiger partial charge in [0.1, 0.15) is 6.04 Å². The first kappa shape index (κ1) is 17.3. The van der Waals surface area contributed by atoms with E-state index in [0.717, 1.165) is 0 Å². The third-order valence-corrected chi connectivity index (χ3v) is 5.80. The minimum Gasteiger partial charge on any atom is -0.465 e. The molecule has 0 radical (unpaired) electrons. The van der Waals surface area contributed by atoms with Crippen molar-refractivity contribution in [2.24, 2.45) is 5.92 Å². The van der Waals surface area contributed by atoms with E-state index in [2.05, 4.69) is 60.4 Å². The molecule has 0 N–H and O–H groups in total. The molecule has 2 aliphatic rings. The second-order valence-corrected chi connectivity index (χ2v) is 7.25. The molecule has 2 heterocycles. The van der Waals surface area contributed by atoms with Crippen LogP contribution in [0.25, 0.3) is 0 Å². The maximum absolute atomic E-state index is 12.7. The van der Waals surface area contributed by atoms with Gasteiger partial charge in [0.25, 0.3) is 0 Å². The second kappa shape index (κ2) is 6.86. The molecule has 0 amide bonds. The van der Waals surface area contributed by atoms with E-state index >= 15 is 0 Å². The first-order valence-corrected chi connectivity index (χ1v) is 9.30. The van der Waals surface area contributed by atoms with Crippen molar-refractivity contribution in [2.45, 2.75) is 31.5 Å². The van der Waals surface area contributed by atoms with Crippen LogP contribution in [0.2, 0.25) is 0 Å². The van der Waals surface area contributed by atoms with Gasteiger partial charge < -0.3 is 9.47 Å². The molecule has 2 saturated heterocycles. The molecule has 0 aliphatic carbocycles. The van der Waals surface area contributed by atoms with Crippen molar-refractivity contribution in [2.75, 3.05) is 19.8 Å². The molecule has 2 aromatic rings. The summed E-state index contributed by atoms with van der Waals surface area (Å²) in [6.07, 6.45) is 0. The molecule has 26 heavy (non-hydrogen) atoms. The van der Waals surface area contributed by atoms with Gasteiger partial charge in [0.15, 0.2) is 0 Å². The van der Waals surface area contributed by atoms with Gasteiger partial charge in [0.2, 0.25) is 0 Å². The van der Waals surface area contributed by atoms with E-state index in [4.69, 9.17) is 9.47 Å². The minimum atomic E-state index is -0.235. The Labute approximate surface area is 154 Å². The number of esters is 1. The Morgan fingerprint density at radius 2 is 1.65 bits per heavy atom. The monoisotopic (exact) mass is 351 g/mol. The SMILES string of the molecule is CCOC(=O)[C@@H]1N(C(c2ccccc2)c2ccccc2)[C@@]1(C)C1COC1. The van der Waals surface area contributed by atoms with Gasteiger partial charge in [0.05, 0.1) is 31.4 Å². The Morgan fingerprint density at radius 1 is 1.12 bits per heavy atom. The maximum atomic E-state index is 12.7. The first-order valence-electron chi connectivity index (χ1n) is 9.30. The predicted octanol–water partition coefficient (Wildman–Crippen LogP) is 3.43. The van der Waals surface area contributed by atoms with E-state index in [9.17, 15) is 4.79 Å². The molecule has 136 valence electrons.